The maximum Gasteiger partial charge on any atom is 0.120 e. The van der Waals surface area contributed by atoms with Crippen molar-refractivity contribution in [3.8, 4) is 5.75 Å². The SMILES string of the molecule is CCc1cccc(CC)c1CCOc1ccc(N)c(C(C)=N)c1. The lowest BCUT2D eigenvalue weighted by atomic mass is 9.95. The van der Waals surface area contributed by atoms with Crippen molar-refractivity contribution < 1.29 is 4.74 Å². The fraction of sp³-hybridized carbons (Fsp3) is 0.350. The first-order valence-corrected chi connectivity index (χ1v) is 8.24. The van der Waals surface area contributed by atoms with Crippen molar-refractivity contribution in [2.45, 2.75) is 40.0 Å². The van der Waals surface area contributed by atoms with Crippen LogP contribution in [-0.4, -0.2) is 12.3 Å². The van der Waals surface area contributed by atoms with E-state index in [0.717, 1.165) is 30.6 Å². The van der Waals surface area contributed by atoms with Gasteiger partial charge >= 0.3 is 0 Å². The van der Waals surface area contributed by atoms with E-state index in [0.29, 0.717) is 18.0 Å². The topological polar surface area (TPSA) is 59.1 Å². The predicted molar refractivity (Wildman–Crippen MR) is 97.8 cm³/mol. The first-order chi connectivity index (χ1) is 11.1. The normalized spacial score (nSPS) is 10.6. The van der Waals surface area contributed by atoms with Crippen LogP contribution in [0.1, 0.15) is 43.0 Å². The van der Waals surface area contributed by atoms with Crippen molar-refractivity contribution in [3.05, 3.63) is 58.7 Å². The Morgan fingerprint density at radius 3 is 2.30 bits per heavy atom. The van der Waals surface area contributed by atoms with E-state index in [9.17, 15) is 0 Å². The largest absolute Gasteiger partial charge is 0.493 e. The van der Waals surface area contributed by atoms with E-state index >= 15 is 0 Å². The molecule has 0 bridgehead atoms. The molecule has 3 N–H and O–H groups in total. The highest BCUT2D eigenvalue weighted by molar-refractivity contribution is 6.01. The Balaban J connectivity index is 2.09. The molecule has 0 spiro atoms. The van der Waals surface area contributed by atoms with Crippen molar-refractivity contribution >= 4 is 11.4 Å². The summed E-state index contributed by atoms with van der Waals surface area (Å²) in [5.41, 5.74) is 11.9. The maximum absolute atomic E-state index is 7.76. The third-order valence-corrected chi connectivity index (χ3v) is 4.18. The van der Waals surface area contributed by atoms with Crippen LogP contribution >= 0.6 is 0 Å². The van der Waals surface area contributed by atoms with Gasteiger partial charge in [0.25, 0.3) is 0 Å². The van der Waals surface area contributed by atoms with Gasteiger partial charge in [-0.2, -0.15) is 0 Å². The Labute approximate surface area is 139 Å². The third-order valence-electron chi connectivity index (χ3n) is 4.18. The Bertz CT molecular complexity index is 670. The Morgan fingerprint density at radius 1 is 1.09 bits per heavy atom. The van der Waals surface area contributed by atoms with Crippen molar-refractivity contribution in [2.75, 3.05) is 12.3 Å². The van der Waals surface area contributed by atoms with Crippen LogP contribution in [0.4, 0.5) is 5.69 Å². The number of benzene rings is 2. The standard InChI is InChI=1S/C20H26N2O/c1-4-15-7-6-8-16(5-2)18(15)11-12-23-17-9-10-20(22)19(13-17)14(3)21/h6-10,13,21H,4-5,11-12,22H2,1-3H3. The van der Waals surface area contributed by atoms with E-state index in [4.69, 9.17) is 15.9 Å². The molecule has 0 radical (unpaired) electrons. The summed E-state index contributed by atoms with van der Waals surface area (Å²) < 4.78 is 5.90. The molecule has 122 valence electrons. The average molecular weight is 310 g/mol. The lowest BCUT2D eigenvalue weighted by molar-refractivity contribution is 0.321. The molecule has 0 saturated carbocycles. The molecular weight excluding hydrogens is 284 g/mol. The lowest BCUT2D eigenvalue weighted by Gasteiger charge is -2.14. The first kappa shape index (κ1) is 17.1. The van der Waals surface area contributed by atoms with Crippen LogP contribution in [0.2, 0.25) is 0 Å². The van der Waals surface area contributed by atoms with Crippen LogP contribution in [0, 0.1) is 5.41 Å². The summed E-state index contributed by atoms with van der Waals surface area (Å²) in [6.45, 7) is 6.75. The van der Waals surface area contributed by atoms with Crippen LogP contribution in [0.15, 0.2) is 36.4 Å². The first-order valence-electron chi connectivity index (χ1n) is 8.24. The lowest BCUT2D eigenvalue weighted by Crippen LogP contribution is -2.07. The second kappa shape index (κ2) is 7.82. The maximum atomic E-state index is 7.76. The molecule has 3 nitrogen and oxygen atoms in total. The van der Waals surface area contributed by atoms with Crippen LogP contribution in [0.5, 0.6) is 5.75 Å². The summed E-state index contributed by atoms with van der Waals surface area (Å²) in [4.78, 5) is 0. The highest BCUT2D eigenvalue weighted by atomic mass is 16.5. The number of aryl methyl sites for hydroxylation is 2. The minimum absolute atomic E-state index is 0.456. The molecule has 0 saturated heterocycles. The molecule has 2 aromatic rings. The second-order valence-corrected chi connectivity index (χ2v) is 5.73. The molecule has 0 heterocycles. The van der Waals surface area contributed by atoms with Gasteiger partial charge < -0.3 is 15.9 Å². The highest BCUT2D eigenvalue weighted by Gasteiger charge is 2.08. The van der Waals surface area contributed by atoms with E-state index < -0.39 is 0 Å². The Morgan fingerprint density at radius 2 is 1.74 bits per heavy atom. The number of nitrogens with two attached hydrogens (primary N) is 1. The number of hydrogen-bond donors (Lipinski definition) is 2. The summed E-state index contributed by atoms with van der Waals surface area (Å²) >= 11 is 0. The molecule has 3 heteroatoms. The van der Waals surface area contributed by atoms with Crippen LogP contribution in [0.25, 0.3) is 0 Å². The highest BCUT2D eigenvalue weighted by Crippen LogP contribution is 2.22. The van der Waals surface area contributed by atoms with Gasteiger partial charge in [-0.15, -0.1) is 0 Å². The Hall–Kier alpha value is -2.29. The van der Waals surface area contributed by atoms with Crippen molar-refractivity contribution in [3.63, 3.8) is 0 Å². The number of anilines is 1. The minimum Gasteiger partial charge on any atom is -0.493 e. The predicted octanol–water partition coefficient (Wildman–Crippen LogP) is 4.40. The molecule has 2 rings (SSSR count). The van der Waals surface area contributed by atoms with E-state index in [1.54, 1.807) is 13.0 Å². The molecule has 0 unspecified atom stereocenters. The van der Waals surface area contributed by atoms with E-state index in [1.807, 2.05) is 12.1 Å². The van der Waals surface area contributed by atoms with Gasteiger partial charge in [0.05, 0.1) is 6.61 Å². The Kier molecular flexibility index (Phi) is 5.80. The van der Waals surface area contributed by atoms with Gasteiger partial charge in [-0.05, 0) is 54.7 Å². The summed E-state index contributed by atoms with van der Waals surface area (Å²) in [5.74, 6) is 0.771. The minimum atomic E-state index is 0.456. The summed E-state index contributed by atoms with van der Waals surface area (Å²) in [7, 11) is 0. The third kappa shape index (κ3) is 4.13. The van der Waals surface area contributed by atoms with Gasteiger partial charge in [0, 0.05) is 23.4 Å². The van der Waals surface area contributed by atoms with Crippen molar-refractivity contribution in [2.24, 2.45) is 0 Å². The van der Waals surface area contributed by atoms with Gasteiger partial charge in [-0.1, -0.05) is 32.0 Å². The van der Waals surface area contributed by atoms with Gasteiger partial charge in [-0.3, -0.25) is 0 Å². The van der Waals surface area contributed by atoms with E-state index in [1.165, 1.54) is 16.7 Å². The zero-order valence-electron chi connectivity index (χ0n) is 14.3. The molecular formula is C20H26N2O. The van der Waals surface area contributed by atoms with Crippen LogP contribution in [0.3, 0.4) is 0 Å². The quantitative estimate of drug-likeness (QED) is 0.588. The molecule has 0 aliphatic carbocycles. The molecule has 0 atom stereocenters. The average Bonchev–Trinajstić information content (AvgIpc) is 2.56. The molecule has 0 aliphatic heterocycles. The molecule has 0 aliphatic rings. The molecule has 0 aromatic heterocycles. The molecule has 2 aromatic carbocycles. The molecule has 0 fully saturated rings. The smallest absolute Gasteiger partial charge is 0.120 e. The summed E-state index contributed by atoms with van der Waals surface area (Å²) in [5, 5.41) is 7.76. The zero-order chi connectivity index (χ0) is 16.8. The summed E-state index contributed by atoms with van der Waals surface area (Å²) in [6.07, 6.45) is 2.99. The monoisotopic (exact) mass is 310 g/mol. The van der Waals surface area contributed by atoms with E-state index in [2.05, 4.69) is 32.0 Å². The number of nitrogens with one attached hydrogen (secondary N) is 1. The van der Waals surface area contributed by atoms with Gasteiger partial charge in [0.1, 0.15) is 5.75 Å². The van der Waals surface area contributed by atoms with Gasteiger partial charge in [0.15, 0.2) is 0 Å². The fourth-order valence-electron chi connectivity index (χ4n) is 2.89. The van der Waals surface area contributed by atoms with Crippen LogP contribution < -0.4 is 10.5 Å². The van der Waals surface area contributed by atoms with Crippen molar-refractivity contribution in [1.82, 2.24) is 0 Å². The number of ether oxygens (including phenoxy) is 1. The fourth-order valence-corrected chi connectivity index (χ4v) is 2.89. The molecule has 23 heavy (non-hydrogen) atoms. The van der Waals surface area contributed by atoms with Gasteiger partial charge in [-0.25, -0.2) is 0 Å². The zero-order valence-corrected chi connectivity index (χ0v) is 14.3. The van der Waals surface area contributed by atoms with E-state index in [-0.39, 0.29) is 0 Å². The molecule has 0 amide bonds. The second-order valence-electron chi connectivity index (χ2n) is 5.73. The number of hydrogen-bond acceptors (Lipinski definition) is 3. The van der Waals surface area contributed by atoms with Gasteiger partial charge in [0.2, 0.25) is 0 Å². The number of nitrogen functional groups attached to an aromatic ring is 1. The summed E-state index contributed by atoms with van der Waals surface area (Å²) in [6, 6.07) is 12.1. The van der Waals surface area contributed by atoms with Crippen molar-refractivity contribution in [1.29, 1.82) is 5.41 Å². The number of rotatable bonds is 7. The van der Waals surface area contributed by atoms with Crippen LogP contribution in [-0.2, 0) is 19.3 Å².